The maximum atomic E-state index is 11.2. The van der Waals surface area contributed by atoms with Crippen molar-refractivity contribution >= 4 is 17.8 Å². The molecule has 1 amide bonds. The smallest absolute Gasteiger partial charge is 0.350 e. The van der Waals surface area contributed by atoms with Crippen molar-refractivity contribution in [2.24, 2.45) is 5.73 Å². The summed E-state index contributed by atoms with van der Waals surface area (Å²) in [5.74, 6) is -0.217. The van der Waals surface area contributed by atoms with E-state index < -0.39 is 17.1 Å². The summed E-state index contributed by atoms with van der Waals surface area (Å²) in [6, 6.07) is 0. The Morgan fingerprint density at radius 1 is 1.47 bits per heavy atom. The topological polar surface area (TPSA) is 126 Å². The Labute approximate surface area is 98.0 Å². The lowest BCUT2D eigenvalue weighted by atomic mass is 10.1. The van der Waals surface area contributed by atoms with E-state index in [0.717, 1.165) is 0 Å². The lowest BCUT2D eigenvalue weighted by molar-refractivity contribution is -0.121. The lowest BCUT2D eigenvalue weighted by Gasteiger charge is -2.22. The van der Waals surface area contributed by atoms with E-state index in [9.17, 15) is 9.59 Å². The van der Waals surface area contributed by atoms with Gasteiger partial charge < -0.3 is 16.4 Å². The number of aromatic amines is 1. The summed E-state index contributed by atoms with van der Waals surface area (Å²) in [5, 5.41) is 5.54. The van der Waals surface area contributed by atoms with Gasteiger partial charge in [0, 0.05) is 6.54 Å². The minimum absolute atomic E-state index is 0.143. The maximum absolute atomic E-state index is 11.2. The molecule has 17 heavy (non-hydrogen) atoms. The first-order valence-corrected chi connectivity index (χ1v) is 5.15. The molecule has 0 aliphatic rings. The molecule has 8 heteroatoms. The van der Waals surface area contributed by atoms with Crippen LogP contribution in [0.15, 0.2) is 4.79 Å². The molecular formula is C9H16N6O2. The molecule has 0 saturated heterocycles. The van der Waals surface area contributed by atoms with E-state index in [2.05, 4.69) is 25.6 Å². The molecule has 0 radical (unpaired) electrons. The van der Waals surface area contributed by atoms with Crippen LogP contribution in [-0.4, -0.2) is 32.9 Å². The van der Waals surface area contributed by atoms with Crippen LogP contribution in [0.5, 0.6) is 0 Å². The summed E-state index contributed by atoms with van der Waals surface area (Å²) in [6.07, 6.45) is 0. The van der Waals surface area contributed by atoms with Gasteiger partial charge in [0.25, 0.3) is 0 Å². The van der Waals surface area contributed by atoms with Crippen molar-refractivity contribution in [3.8, 4) is 0 Å². The average molecular weight is 240 g/mol. The van der Waals surface area contributed by atoms with Gasteiger partial charge in [0.1, 0.15) is 5.54 Å². The summed E-state index contributed by atoms with van der Waals surface area (Å²) in [7, 11) is 0. The van der Waals surface area contributed by atoms with Crippen molar-refractivity contribution < 1.29 is 4.79 Å². The monoisotopic (exact) mass is 240 g/mol. The second-order valence-corrected chi connectivity index (χ2v) is 3.97. The molecule has 0 aliphatic carbocycles. The first kappa shape index (κ1) is 12.9. The largest absolute Gasteiger partial charge is 0.368 e. The number of amides is 1. The van der Waals surface area contributed by atoms with Gasteiger partial charge in [-0.15, -0.1) is 0 Å². The summed E-state index contributed by atoms with van der Waals surface area (Å²) >= 11 is 0. The Balaban J connectivity index is 2.99. The van der Waals surface area contributed by atoms with Crippen molar-refractivity contribution in [2.75, 3.05) is 17.2 Å². The summed E-state index contributed by atoms with van der Waals surface area (Å²) < 4.78 is 0. The molecule has 0 unspecified atom stereocenters. The SMILES string of the molecule is CCNc1nc(NC(C)(C)C(N)=O)[nH]c(=O)n1. The highest BCUT2D eigenvalue weighted by Crippen LogP contribution is 2.09. The third-order valence-corrected chi connectivity index (χ3v) is 2.03. The highest BCUT2D eigenvalue weighted by atomic mass is 16.2. The number of hydrogen-bond donors (Lipinski definition) is 4. The van der Waals surface area contributed by atoms with E-state index in [0.29, 0.717) is 6.54 Å². The first-order valence-electron chi connectivity index (χ1n) is 5.15. The number of rotatable bonds is 5. The minimum atomic E-state index is -1.01. The van der Waals surface area contributed by atoms with Crippen molar-refractivity contribution in [2.45, 2.75) is 26.3 Å². The van der Waals surface area contributed by atoms with Crippen LogP contribution < -0.4 is 22.1 Å². The molecule has 1 aromatic rings. The number of nitrogens with one attached hydrogen (secondary N) is 3. The summed E-state index contributed by atoms with van der Waals surface area (Å²) in [6.45, 7) is 5.61. The molecule has 8 nitrogen and oxygen atoms in total. The standard InChI is InChI=1S/C9H16N6O2/c1-4-11-6-12-7(14-8(17)13-6)15-9(2,3)5(10)16/h4H2,1-3H3,(H2,10,16)(H3,11,12,13,14,15,17). The fourth-order valence-electron chi connectivity index (χ4n) is 1.04. The second kappa shape index (κ2) is 4.81. The van der Waals surface area contributed by atoms with Crippen LogP contribution in [-0.2, 0) is 4.79 Å². The maximum Gasteiger partial charge on any atom is 0.350 e. The number of aromatic nitrogens is 3. The van der Waals surface area contributed by atoms with Crippen molar-refractivity contribution in [1.82, 2.24) is 15.0 Å². The number of anilines is 2. The first-order chi connectivity index (χ1) is 7.85. The molecule has 0 spiro atoms. The predicted molar refractivity (Wildman–Crippen MR) is 63.7 cm³/mol. The highest BCUT2D eigenvalue weighted by molar-refractivity contribution is 5.86. The van der Waals surface area contributed by atoms with Crippen molar-refractivity contribution in [3.63, 3.8) is 0 Å². The Bertz CT molecular complexity index is 467. The highest BCUT2D eigenvalue weighted by Gasteiger charge is 2.25. The van der Waals surface area contributed by atoms with Crippen LogP contribution in [0.3, 0.4) is 0 Å². The summed E-state index contributed by atoms with van der Waals surface area (Å²) in [5.41, 5.74) is 3.63. The number of primary amides is 1. The van der Waals surface area contributed by atoms with Crippen LogP contribution >= 0.6 is 0 Å². The van der Waals surface area contributed by atoms with E-state index in [4.69, 9.17) is 5.73 Å². The van der Waals surface area contributed by atoms with Gasteiger partial charge in [-0.25, -0.2) is 4.79 Å². The van der Waals surface area contributed by atoms with Gasteiger partial charge in [-0.05, 0) is 20.8 Å². The minimum Gasteiger partial charge on any atom is -0.368 e. The number of H-pyrrole nitrogens is 1. The van der Waals surface area contributed by atoms with Gasteiger partial charge in [-0.3, -0.25) is 9.78 Å². The van der Waals surface area contributed by atoms with Crippen LogP contribution in [0, 0.1) is 0 Å². The molecule has 0 aromatic carbocycles. The molecule has 0 aliphatic heterocycles. The molecule has 0 saturated carbocycles. The molecule has 5 N–H and O–H groups in total. The Morgan fingerprint density at radius 3 is 2.65 bits per heavy atom. The molecule has 1 heterocycles. The van der Waals surface area contributed by atoms with E-state index in [1.165, 1.54) is 0 Å². The zero-order valence-corrected chi connectivity index (χ0v) is 10.00. The van der Waals surface area contributed by atoms with Gasteiger partial charge in [0.2, 0.25) is 17.8 Å². The van der Waals surface area contributed by atoms with Crippen LogP contribution in [0.1, 0.15) is 20.8 Å². The second-order valence-electron chi connectivity index (χ2n) is 3.97. The lowest BCUT2D eigenvalue weighted by Crippen LogP contribution is -2.45. The fraction of sp³-hybridized carbons (Fsp3) is 0.556. The molecule has 94 valence electrons. The number of nitrogens with zero attached hydrogens (tertiary/aromatic N) is 2. The number of hydrogen-bond acceptors (Lipinski definition) is 6. The van der Waals surface area contributed by atoms with Gasteiger partial charge in [0.05, 0.1) is 0 Å². The van der Waals surface area contributed by atoms with Crippen LogP contribution in [0.25, 0.3) is 0 Å². The van der Waals surface area contributed by atoms with Gasteiger partial charge in [-0.1, -0.05) is 0 Å². The number of carbonyl (C=O) groups excluding carboxylic acids is 1. The van der Waals surface area contributed by atoms with Crippen LogP contribution in [0.2, 0.25) is 0 Å². The van der Waals surface area contributed by atoms with E-state index >= 15 is 0 Å². The number of nitrogens with two attached hydrogens (primary N) is 1. The molecular weight excluding hydrogens is 224 g/mol. The quantitative estimate of drug-likeness (QED) is 0.537. The van der Waals surface area contributed by atoms with Gasteiger partial charge >= 0.3 is 5.69 Å². The normalized spacial score (nSPS) is 11.0. The van der Waals surface area contributed by atoms with Crippen molar-refractivity contribution in [1.29, 1.82) is 0 Å². The predicted octanol–water partition coefficient (Wildman–Crippen LogP) is -0.727. The average Bonchev–Trinajstić information content (AvgIpc) is 2.15. The zero-order valence-electron chi connectivity index (χ0n) is 10.00. The van der Waals surface area contributed by atoms with E-state index in [1.807, 2.05) is 6.92 Å². The molecule has 1 aromatic heterocycles. The van der Waals surface area contributed by atoms with Gasteiger partial charge in [-0.2, -0.15) is 9.97 Å². The van der Waals surface area contributed by atoms with Crippen LogP contribution in [0.4, 0.5) is 11.9 Å². The third kappa shape index (κ3) is 3.44. The third-order valence-electron chi connectivity index (χ3n) is 2.03. The Kier molecular flexibility index (Phi) is 3.66. The molecule has 0 bridgehead atoms. The fourth-order valence-corrected chi connectivity index (χ4v) is 1.04. The molecule has 0 fully saturated rings. The molecule has 0 atom stereocenters. The van der Waals surface area contributed by atoms with Gasteiger partial charge in [0.15, 0.2) is 0 Å². The van der Waals surface area contributed by atoms with E-state index in [-0.39, 0.29) is 11.9 Å². The Morgan fingerprint density at radius 2 is 2.12 bits per heavy atom. The van der Waals surface area contributed by atoms with E-state index in [1.54, 1.807) is 13.8 Å². The number of carbonyl (C=O) groups is 1. The zero-order chi connectivity index (χ0) is 13.1. The summed E-state index contributed by atoms with van der Waals surface area (Å²) in [4.78, 5) is 32.4. The molecule has 1 rings (SSSR count). The Hall–Kier alpha value is -2.12. The van der Waals surface area contributed by atoms with Crippen molar-refractivity contribution in [3.05, 3.63) is 10.5 Å².